The van der Waals surface area contributed by atoms with E-state index < -0.39 is 10.9 Å². The quantitative estimate of drug-likeness (QED) is 0.197. The van der Waals surface area contributed by atoms with Gasteiger partial charge in [0.15, 0.2) is 0 Å². The normalized spacial score (nSPS) is 11.0. The molecule has 0 spiro atoms. The van der Waals surface area contributed by atoms with Crippen LogP contribution in [0.1, 0.15) is 34.1 Å². The van der Waals surface area contributed by atoms with Gasteiger partial charge in [0.05, 0.1) is 28.1 Å². The number of nitro groups is 1. The van der Waals surface area contributed by atoms with Crippen molar-refractivity contribution in [1.82, 2.24) is 9.97 Å². The van der Waals surface area contributed by atoms with Gasteiger partial charge in [0, 0.05) is 12.1 Å². The second kappa shape index (κ2) is 10.4. The number of hydrogen-bond acceptors (Lipinski definition) is 7. The van der Waals surface area contributed by atoms with Crippen LogP contribution in [0.4, 0.5) is 5.69 Å². The van der Waals surface area contributed by atoms with Gasteiger partial charge in [-0.3, -0.25) is 10.1 Å². The molecule has 0 N–H and O–H groups in total. The number of fused-ring (bicyclic) bond motifs is 1. The molecule has 8 heteroatoms. The molecule has 34 heavy (non-hydrogen) atoms. The summed E-state index contributed by atoms with van der Waals surface area (Å²) in [6.07, 6.45) is 3.43. The molecule has 0 bridgehead atoms. The van der Waals surface area contributed by atoms with E-state index in [1.54, 1.807) is 49.4 Å². The molecule has 170 valence electrons. The lowest BCUT2D eigenvalue weighted by Crippen LogP contribution is -2.06. The molecule has 1 aromatic heterocycles. The monoisotopic (exact) mass is 455 g/mol. The highest BCUT2D eigenvalue weighted by molar-refractivity contribution is 5.89. The Kier molecular flexibility index (Phi) is 6.88. The summed E-state index contributed by atoms with van der Waals surface area (Å²) in [7, 11) is 0. The highest BCUT2D eigenvalue weighted by atomic mass is 16.6. The molecule has 0 fully saturated rings. The number of carbonyl (C=O) groups excluding carboxylic acids is 1. The first-order valence-electron chi connectivity index (χ1n) is 10.6. The largest absolute Gasteiger partial charge is 0.471 e. The van der Waals surface area contributed by atoms with Crippen molar-refractivity contribution < 1.29 is 19.2 Å². The first-order chi connectivity index (χ1) is 16.5. The highest BCUT2D eigenvalue weighted by Gasteiger charge is 2.11. The fourth-order valence-electron chi connectivity index (χ4n) is 3.28. The Balaban J connectivity index is 1.62. The molecule has 0 unspecified atom stereocenters. The Hall–Kier alpha value is -4.59. The third kappa shape index (κ3) is 5.42. The maximum Gasteiger partial charge on any atom is 0.338 e. The zero-order chi connectivity index (χ0) is 23.9. The predicted octanol–water partition coefficient (Wildman–Crippen LogP) is 5.46. The standard InChI is InChI=1S/C26H21N3O5/c1-2-33-26(30)20-9-5-8-19(15-20)17-34-25-24(27-22-11-3-4-12-23(22)28-25)14-13-18-7-6-10-21(16-18)29(31)32/h3-16H,2,17H2,1H3. The van der Waals surface area contributed by atoms with E-state index in [9.17, 15) is 14.9 Å². The highest BCUT2D eigenvalue weighted by Crippen LogP contribution is 2.23. The molecule has 4 aromatic rings. The molecule has 0 atom stereocenters. The molecular formula is C26H21N3O5. The van der Waals surface area contributed by atoms with E-state index in [0.717, 1.165) is 5.56 Å². The molecule has 0 saturated heterocycles. The van der Waals surface area contributed by atoms with E-state index in [1.807, 2.05) is 30.3 Å². The lowest BCUT2D eigenvalue weighted by atomic mass is 10.1. The van der Waals surface area contributed by atoms with Crippen molar-refractivity contribution in [2.75, 3.05) is 6.61 Å². The first-order valence-corrected chi connectivity index (χ1v) is 10.6. The molecule has 0 saturated carbocycles. The minimum atomic E-state index is -0.438. The average Bonchev–Trinajstić information content (AvgIpc) is 2.86. The molecule has 0 aliphatic heterocycles. The SMILES string of the molecule is CCOC(=O)c1cccc(COc2nc3ccccc3nc2C=Cc2cccc([N+](=O)[O-])c2)c1. The summed E-state index contributed by atoms with van der Waals surface area (Å²) in [6, 6.07) is 20.7. The number of carbonyl (C=O) groups is 1. The van der Waals surface area contributed by atoms with Gasteiger partial charge in [-0.1, -0.05) is 42.5 Å². The molecule has 0 aliphatic carbocycles. The van der Waals surface area contributed by atoms with Crippen LogP contribution in [0.25, 0.3) is 23.2 Å². The van der Waals surface area contributed by atoms with Gasteiger partial charge in [0.25, 0.3) is 5.69 Å². The molecule has 4 rings (SSSR count). The van der Waals surface area contributed by atoms with Crippen molar-refractivity contribution in [3.05, 3.63) is 105 Å². The van der Waals surface area contributed by atoms with E-state index in [-0.39, 0.29) is 12.3 Å². The predicted molar refractivity (Wildman–Crippen MR) is 128 cm³/mol. The third-order valence-electron chi connectivity index (χ3n) is 4.89. The topological polar surface area (TPSA) is 104 Å². The van der Waals surface area contributed by atoms with Crippen LogP contribution < -0.4 is 4.74 Å². The summed E-state index contributed by atoms with van der Waals surface area (Å²) in [5.41, 5.74) is 3.71. The number of esters is 1. The third-order valence-corrected chi connectivity index (χ3v) is 4.89. The van der Waals surface area contributed by atoms with E-state index in [2.05, 4.69) is 9.97 Å². The summed E-state index contributed by atoms with van der Waals surface area (Å²) < 4.78 is 11.0. The fraction of sp³-hybridized carbons (Fsp3) is 0.115. The Morgan fingerprint density at radius 3 is 2.50 bits per heavy atom. The van der Waals surface area contributed by atoms with Crippen LogP contribution in [0.2, 0.25) is 0 Å². The zero-order valence-corrected chi connectivity index (χ0v) is 18.4. The summed E-state index contributed by atoms with van der Waals surface area (Å²) in [5.74, 6) is -0.0858. The number of para-hydroxylation sites is 2. The Bertz CT molecular complexity index is 1380. The molecular weight excluding hydrogens is 434 g/mol. The van der Waals surface area contributed by atoms with Gasteiger partial charge in [-0.25, -0.2) is 14.8 Å². The number of aromatic nitrogens is 2. The summed E-state index contributed by atoms with van der Waals surface area (Å²) in [5, 5.41) is 11.1. The van der Waals surface area contributed by atoms with Crippen LogP contribution in [0.15, 0.2) is 72.8 Å². The summed E-state index contributed by atoms with van der Waals surface area (Å²) in [4.78, 5) is 31.9. The first kappa shape index (κ1) is 22.6. The van der Waals surface area contributed by atoms with Crippen molar-refractivity contribution in [3.63, 3.8) is 0 Å². The molecule has 3 aromatic carbocycles. The number of nitrogens with zero attached hydrogens (tertiary/aromatic N) is 3. The second-order valence-electron chi connectivity index (χ2n) is 7.30. The van der Waals surface area contributed by atoms with Crippen molar-refractivity contribution in [3.8, 4) is 5.88 Å². The molecule has 1 heterocycles. The zero-order valence-electron chi connectivity index (χ0n) is 18.4. The van der Waals surface area contributed by atoms with Gasteiger partial charge in [-0.05, 0) is 48.4 Å². The van der Waals surface area contributed by atoms with Crippen LogP contribution in [-0.4, -0.2) is 27.5 Å². The van der Waals surface area contributed by atoms with Gasteiger partial charge < -0.3 is 9.47 Å². The van der Waals surface area contributed by atoms with E-state index in [1.165, 1.54) is 12.1 Å². The summed E-state index contributed by atoms with van der Waals surface area (Å²) in [6.45, 7) is 2.22. The fourth-order valence-corrected chi connectivity index (χ4v) is 3.28. The van der Waals surface area contributed by atoms with E-state index in [0.29, 0.717) is 40.3 Å². The molecule has 0 radical (unpaired) electrons. The average molecular weight is 455 g/mol. The van der Waals surface area contributed by atoms with Gasteiger partial charge in [-0.15, -0.1) is 0 Å². The summed E-state index contributed by atoms with van der Waals surface area (Å²) >= 11 is 0. The Morgan fingerprint density at radius 2 is 1.74 bits per heavy atom. The van der Waals surface area contributed by atoms with Crippen LogP contribution in [0.3, 0.4) is 0 Å². The smallest absolute Gasteiger partial charge is 0.338 e. The van der Waals surface area contributed by atoms with E-state index >= 15 is 0 Å². The number of rotatable bonds is 8. The van der Waals surface area contributed by atoms with Crippen LogP contribution in [-0.2, 0) is 11.3 Å². The maximum absolute atomic E-state index is 12.0. The maximum atomic E-state index is 12.0. The van der Waals surface area contributed by atoms with Gasteiger partial charge in [-0.2, -0.15) is 0 Å². The van der Waals surface area contributed by atoms with E-state index in [4.69, 9.17) is 9.47 Å². The molecule has 0 aliphatic rings. The second-order valence-corrected chi connectivity index (χ2v) is 7.30. The molecule has 8 nitrogen and oxygen atoms in total. The minimum absolute atomic E-state index is 0.00435. The number of non-ortho nitro benzene ring substituents is 1. The minimum Gasteiger partial charge on any atom is -0.471 e. The van der Waals surface area contributed by atoms with Crippen molar-refractivity contribution >= 4 is 34.8 Å². The van der Waals surface area contributed by atoms with Crippen LogP contribution in [0, 0.1) is 10.1 Å². The number of benzene rings is 3. The Morgan fingerprint density at radius 1 is 0.971 bits per heavy atom. The number of nitro benzene ring substituents is 1. The Labute approximate surface area is 195 Å². The lowest BCUT2D eigenvalue weighted by Gasteiger charge is -2.10. The van der Waals surface area contributed by atoms with Crippen molar-refractivity contribution in [2.24, 2.45) is 0 Å². The van der Waals surface area contributed by atoms with Crippen molar-refractivity contribution in [2.45, 2.75) is 13.5 Å². The van der Waals surface area contributed by atoms with Crippen LogP contribution >= 0.6 is 0 Å². The lowest BCUT2D eigenvalue weighted by molar-refractivity contribution is -0.384. The van der Waals surface area contributed by atoms with Gasteiger partial charge in [0.1, 0.15) is 12.3 Å². The van der Waals surface area contributed by atoms with Crippen molar-refractivity contribution in [1.29, 1.82) is 0 Å². The number of hydrogen-bond donors (Lipinski definition) is 0. The number of ether oxygens (including phenoxy) is 2. The van der Waals surface area contributed by atoms with Gasteiger partial charge >= 0.3 is 5.97 Å². The van der Waals surface area contributed by atoms with Gasteiger partial charge in [0.2, 0.25) is 5.88 Å². The molecule has 0 amide bonds. The van der Waals surface area contributed by atoms with Crippen LogP contribution in [0.5, 0.6) is 5.88 Å².